The van der Waals surface area contributed by atoms with Crippen molar-refractivity contribution in [1.82, 2.24) is 35.1 Å². The van der Waals surface area contributed by atoms with Gasteiger partial charge in [0.05, 0.1) is 25.1 Å². The molecule has 4 fully saturated rings. The summed E-state index contributed by atoms with van der Waals surface area (Å²) in [5.41, 5.74) is 4.35. The molecule has 0 aliphatic carbocycles. The lowest BCUT2D eigenvalue weighted by Gasteiger charge is -2.39. The number of nitrogens with two attached hydrogens (primary N) is 1. The van der Waals surface area contributed by atoms with Gasteiger partial charge in [-0.25, -0.2) is 37.6 Å². The molecule has 0 spiro atoms. The first kappa shape index (κ1) is 77.6. The van der Waals surface area contributed by atoms with Crippen LogP contribution in [0, 0.1) is 6.57 Å². The third-order valence-corrected chi connectivity index (χ3v) is 13.7. The van der Waals surface area contributed by atoms with Crippen molar-refractivity contribution >= 4 is 49.1 Å². The minimum Gasteiger partial charge on any atom is -0.444 e. The van der Waals surface area contributed by atoms with Crippen LogP contribution in [0.15, 0.2) is 42.1 Å². The first-order chi connectivity index (χ1) is 40.3. The minimum atomic E-state index is -5.62. The maximum atomic E-state index is 13.8. The number of carbonyl (C=O) groups is 7. The van der Waals surface area contributed by atoms with Gasteiger partial charge in [0.1, 0.15) is 11.2 Å². The number of rotatable bonds is 12. The third-order valence-electron chi connectivity index (χ3n) is 13.7. The van der Waals surface area contributed by atoms with Gasteiger partial charge in [-0.2, -0.15) is 39.5 Å². The van der Waals surface area contributed by atoms with Crippen molar-refractivity contribution < 1.29 is 106 Å². The van der Waals surface area contributed by atoms with Gasteiger partial charge in [-0.1, -0.05) is 36.4 Å². The number of piperidine rings is 3. The average Bonchev–Trinajstić information content (AvgIpc) is 3.97. The SMILES string of the molecule is CC(C)(C)OC(=O)N1CCCC[C@@H]1CN.CC(C)(C)OC(=O)N1CCCC[C@@H]1CNC(=O)C(F)(F)F.O=C(OC(=O)C(F)(F)F)C(F)(F)F.[C-]#[N+]C(=CC(C)(C)N1CCC(F)(F)C1)C(=O)N1CCCC[C@@H]1CN(C)C(=O)N[C@@H](Cc1ccccc1)B(O)O. The van der Waals surface area contributed by atoms with E-state index in [0.717, 1.165) is 57.1 Å². The monoisotopic (exact) mass is 1280 g/mol. The highest BCUT2D eigenvalue weighted by Crippen LogP contribution is 2.34. The van der Waals surface area contributed by atoms with Gasteiger partial charge in [0, 0.05) is 76.9 Å². The summed E-state index contributed by atoms with van der Waals surface area (Å²) in [6.07, 6.45) is -7.97. The second-order valence-electron chi connectivity index (χ2n) is 23.8. The number of ether oxygens (including phenoxy) is 3. The molecule has 4 saturated heterocycles. The second-order valence-corrected chi connectivity index (χ2v) is 23.8. The molecule has 0 radical (unpaired) electrons. The number of halogens is 11. The molecule has 33 heteroatoms. The quantitative estimate of drug-likeness (QED) is 0.0253. The minimum absolute atomic E-state index is 0.124. The fourth-order valence-corrected chi connectivity index (χ4v) is 9.26. The van der Waals surface area contributed by atoms with Crippen molar-refractivity contribution in [3.8, 4) is 0 Å². The molecule has 0 unspecified atom stereocenters. The van der Waals surface area contributed by atoms with E-state index in [9.17, 15) is 91.9 Å². The Morgan fingerprint density at radius 2 is 1.19 bits per heavy atom. The van der Waals surface area contributed by atoms with Gasteiger partial charge >= 0.3 is 61.7 Å². The van der Waals surface area contributed by atoms with Crippen LogP contribution in [-0.4, -0.2) is 208 Å². The molecule has 0 saturated carbocycles. The van der Waals surface area contributed by atoms with E-state index in [0.29, 0.717) is 32.5 Å². The van der Waals surface area contributed by atoms with Crippen LogP contribution in [-0.2, 0) is 39.8 Å². The van der Waals surface area contributed by atoms with E-state index in [-0.39, 0.29) is 56.3 Å². The van der Waals surface area contributed by atoms with Crippen molar-refractivity contribution in [2.24, 2.45) is 5.73 Å². The summed E-state index contributed by atoms with van der Waals surface area (Å²) in [4.78, 5) is 91.6. The van der Waals surface area contributed by atoms with Gasteiger partial charge in [-0.15, -0.1) is 0 Å². The number of nitrogens with one attached hydrogen (secondary N) is 2. The zero-order valence-corrected chi connectivity index (χ0v) is 50.7. The Labute approximate surface area is 504 Å². The van der Waals surface area contributed by atoms with Crippen LogP contribution in [0.3, 0.4) is 0 Å². The van der Waals surface area contributed by atoms with Crippen molar-refractivity contribution in [2.45, 2.75) is 191 Å². The summed E-state index contributed by atoms with van der Waals surface area (Å²) < 4.78 is 144. The number of esters is 2. The molecule has 4 aliphatic rings. The highest BCUT2D eigenvalue weighted by Gasteiger charge is 2.49. The number of urea groups is 1. The first-order valence-corrected chi connectivity index (χ1v) is 28.2. The number of hydrogen-bond acceptors (Lipinski definition) is 14. The van der Waals surface area contributed by atoms with E-state index in [2.05, 4.69) is 14.9 Å². The van der Waals surface area contributed by atoms with Crippen molar-refractivity contribution in [3.05, 3.63) is 59.1 Å². The van der Waals surface area contributed by atoms with Crippen LogP contribution >= 0.6 is 0 Å². The Morgan fingerprint density at radius 3 is 1.61 bits per heavy atom. The predicted molar refractivity (Wildman–Crippen MR) is 297 cm³/mol. The number of benzene rings is 1. The maximum absolute atomic E-state index is 13.8. The topological polar surface area (TPSA) is 258 Å². The highest BCUT2D eigenvalue weighted by molar-refractivity contribution is 6.43. The molecule has 5 rings (SSSR count). The van der Waals surface area contributed by atoms with Crippen molar-refractivity contribution in [2.75, 3.05) is 59.4 Å². The van der Waals surface area contributed by atoms with E-state index < -0.39 is 103 Å². The molecule has 4 aliphatic heterocycles. The van der Waals surface area contributed by atoms with Gasteiger partial charge in [0.25, 0.3) is 11.8 Å². The first-order valence-electron chi connectivity index (χ1n) is 28.2. The third kappa shape index (κ3) is 27.5. The van der Waals surface area contributed by atoms with Crippen LogP contribution in [0.25, 0.3) is 4.85 Å². The maximum Gasteiger partial charge on any atom is 0.491 e. The Bertz CT molecular complexity index is 2520. The van der Waals surface area contributed by atoms with Crippen LogP contribution in [0.2, 0.25) is 0 Å². The molecular formula is C55H81BF11N9O12. The van der Waals surface area contributed by atoms with E-state index in [1.165, 1.54) is 15.9 Å². The second kappa shape index (κ2) is 33.3. The zero-order chi connectivity index (χ0) is 67.4. The molecule has 6 amide bonds. The molecule has 21 nitrogen and oxygen atoms in total. The largest absolute Gasteiger partial charge is 0.491 e. The molecule has 0 bridgehead atoms. The smallest absolute Gasteiger partial charge is 0.444 e. The lowest BCUT2D eigenvalue weighted by atomic mass is 9.76. The fourth-order valence-electron chi connectivity index (χ4n) is 9.26. The van der Waals surface area contributed by atoms with Gasteiger partial charge in [-0.05, 0) is 125 Å². The number of likely N-dealkylation sites (N-methyl/N-ethyl adjacent to an activating group) is 1. The number of amides is 6. The number of likely N-dealkylation sites (tertiary alicyclic amines) is 4. The van der Waals surface area contributed by atoms with Gasteiger partial charge in [-0.3, -0.25) is 14.5 Å². The summed E-state index contributed by atoms with van der Waals surface area (Å²) in [6.45, 7) is 23.7. The summed E-state index contributed by atoms with van der Waals surface area (Å²) in [6, 6.07) is 7.98. The Kier molecular flexibility index (Phi) is 29.4. The predicted octanol–water partition coefficient (Wildman–Crippen LogP) is 7.92. The van der Waals surface area contributed by atoms with Gasteiger partial charge in [0.2, 0.25) is 5.70 Å². The van der Waals surface area contributed by atoms with Crippen LogP contribution < -0.4 is 16.4 Å². The summed E-state index contributed by atoms with van der Waals surface area (Å²) in [5, 5.41) is 24.1. The standard InChI is InChI=1S/C27H38BF2N5O4.C13H21F3N2O3.C11H22N2O2.C4F6O3/c1-26(2,34-15-13-27(29,30)19-34)17-22(31-3)24(36)35-14-9-8-12-21(35)18-33(4)25(37)32-23(28(38)39)16-20-10-6-5-7-11-20;1-12(2,3)21-11(20)18-7-5-4-6-9(18)8-17-10(19)13(14,15)16;1-11(2,3)15-10(14)13-7-5-4-6-9(13)8-12;5-3(6,7)1(11)13-2(12)4(8,9)10/h5-7,10-11,17,21,23,38-39H,8-9,12-16,18-19H2,1-2,4H3,(H,32,37);9H,4-8H2,1-3H3,(H,17,19);9H,4-8,12H2,1-3H3;/t21-,23+;2*9-;/m111./s1. The van der Waals surface area contributed by atoms with Gasteiger partial charge in [0.15, 0.2) is 0 Å². The van der Waals surface area contributed by atoms with Crippen LogP contribution in [0.1, 0.15) is 125 Å². The lowest BCUT2D eigenvalue weighted by Crippen LogP contribution is -2.55. The van der Waals surface area contributed by atoms with E-state index in [4.69, 9.17) is 21.8 Å². The molecule has 1 aromatic rings. The number of carbonyl (C=O) groups excluding carboxylic acids is 7. The Hall–Kier alpha value is -6.53. The van der Waals surface area contributed by atoms with E-state index >= 15 is 0 Å². The van der Waals surface area contributed by atoms with Crippen LogP contribution in [0.5, 0.6) is 0 Å². The summed E-state index contributed by atoms with van der Waals surface area (Å²) in [5.74, 6) is -12.6. The van der Waals surface area contributed by atoms with E-state index in [1.807, 2.05) is 56.4 Å². The normalized spacial score (nSPS) is 19.7. The van der Waals surface area contributed by atoms with Crippen LogP contribution in [0.4, 0.5) is 62.7 Å². The van der Waals surface area contributed by atoms with E-state index in [1.54, 1.807) is 56.4 Å². The number of alkyl halides is 11. The molecule has 0 aromatic heterocycles. The molecule has 498 valence electrons. The summed E-state index contributed by atoms with van der Waals surface area (Å²) in [7, 11) is -0.196. The lowest BCUT2D eigenvalue weighted by molar-refractivity contribution is -0.221. The van der Waals surface area contributed by atoms with Gasteiger partial charge < -0.3 is 60.2 Å². The Balaban J connectivity index is 0.000000450. The fraction of sp³-hybridized carbons (Fsp3) is 0.709. The molecule has 88 heavy (non-hydrogen) atoms. The molecule has 6 N–H and O–H groups in total. The molecule has 4 atom stereocenters. The summed E-state index contributed by atoms with van der Waals surface area (Å²) >= 11 is 0. The van der Waals surface area contributed by atoms with Crippen molar-refractivity contribution in [3.63, 3.8) is 0 Å². The molecule has 4 heterocycles. The average molecular weight is 1280 g/mol. The molecule has 1 aromatic carbocycles. The molecular weight excluding hydrogens is 1200 g/mol. The zero-order valence-electron chi connectivity index (χ0n) is 50.7. The number of nitrogens with zero attached hydrogens (tertiary/aromatic N) is 6. The Morgan fingerprint density at radius 1 is 0.727 bits per heavy atom. The van der Waals surface area contributed by atoms with Crippen molar-refractivity contribution in [1.29, 1.82) is 0 Å². The number of hydrogen-bond donors (Lipinski definition) is 5. The highest BCUT2D eigenvalue weighted by atomic mass is 19.4.